The van der Waals surface area contributed by atoms with Gasteiger partial charge in [0.2, 0.25) is 0 Å². The summed E-state index contributed by atoms with van der Waals surface area (Å²) in [4.78, 5) is 0.384. The van der Waals surface area contributed by atoms with Crippen molar-refractivity contribution in [1.29, 1.82) is 0 Å². The molecule has 2 saturated carbocycles. The summed E-state index contributed by atoms with van der Waals surface area (Å²) in [5.74, 6) is 0.162. The Balaban J connectivity index is 2.05. The monoisotopic (exact) mass is 238 g/mol. The standard InChI is InChI=1S/C12H14O3S/c1-11(8-13)10-7-12(10,11)16(14,15)9-5-3-2-4-6-9/h2-6,10,13H,7-8H2,1H3. The molecule has 2 aliphatic carbocycles. The fraction of sp³-hybridized carbons (Fsp3) is 0.500. The lowest BCUT2D eigenvalue weighted by Gasteiger charge is -2.20. The Morgan fingerprint density at radius 2 is 2.00 bits per heavy atom. The molecular weight excluding hydrogens is 224 g/mol. The molecule has 0 radical (unpaired) electrons. The maximum absolute atomic E-state index is 12.4. The van der Waals surface area contributed by atoms with E-state index in [9.17, 15) is 13.5 Å². The maximum atomic E-state index is 12.4. The van der Waals surface area contributed by atoms with E-state index in [4.69, 9.17) is 0 Å². The third-order valence-electron chi connectivity index (χ3n) is 4.42. The Morgan fingerprint density at radius 1 is 1.38 bits per heavy atom. The molecule has 1 aromatic carbocycles. The van der Waals surface area contributed by atoms with Gasteiger partial charge in [-0.1, -0.05) is 25.1 Å². The van der Waals surface area contributed by atoms with Gasteiger partial charge in [-0.3, -0.25) is 0 Å². The molecule has 1 N–H and O–H groups in total. The molecule has 3 rings (SSSR count). The zero-order chi connectivity index (χ0) is 11.6. The van der Waals surface area contributed by atoms with E-state index in [2.05, 4.69) is 0 Å². The lowest BCUT2D eigenvalue weighted by molar-refractivity contribution is 0.185. The first kappa shape index (κ1) is 10.3. The SMILES string of the molecule is CC1(CO)C2CC21S(=O)(=O)c1ccccc1. The third-order valence-corrected chi connectivity index (χ3v) is 7.19. The van der Waals surface area contributed by atoms with E-state index in [0.717, 1.165) is 0 Å². The van der Waals surface area contributed by atoms with Gasteiger partial charge in [-0.15, -0.1) is 0 Å². The summed E-state index contributed by atoms with van der Waals surface area (Å²) in [7, 11) is -3.27. The molecule has 0 saturated heterocycles. The number of rotatable bonds is 3. The zero-order valence-electron chi connectivity index (χ0n) is 9.05. The minimum atomic E-state index is -3.27. The van der Waals surface area contributed by atoms with Crippen molar-refractivity contribution in [2.75, 3.05) is 6.61 Å². The minimum absolute atomic E-state index is 0.0380. The van der Waals surface area contributed by atoms with E-state index < -0.39 is 20.0 Å². The molecule has 2 fully saturated rings. The highest BCUT2D eigenvalue weighted by Gasteiger charge is 2.92. The van der Waals surface area contributed by atoms with Crippen molar-refractivity contribution in [3.63, 3.8) is 0 Å². The molecule has 3 unspecified atom stereocenters. The van der Waals surface area contributed by atoms with Crippen molar-refractivity contribution in [2.45, 2.75) is 23.0 Å². The van der Waals surface area contributed by atoms with Crippen LogP contribution in [0.25, 0.3) is 0 Å². The number of hydrogen-bond acceptors (Lipinski definition) is 3. The molecule has 16 heavy (non-hydrogen) atoms. The molecule has 0 aromatic heterocycles. The fourth-order valence-corrected chi connectivity index (χ4v) is 5.77. The van der Waals surface area contributed by atoms with Crippen LogP contribution >= 0.6 is 0 Å². The molecule has 0 aliphatic heterocycles. The molecule has 0 amide bonds. The van der Waals surface area contributed by atoms with Crippen molar-refractivity contribution < 1.29 is 13.5 Å². The second-order valence-electron chi connectivity index (χ2n) is 5.04. The summed E-state index contributed by atoms with van der Waals surface area (Å²) in [5.41, 5.74) is -0.401. The molecule has 4 heteroatoms. The summed E-state index contributed by atoms with van der Waals surface area (Å²) in [6.45, 7) is 1.82. The lowest BCUT2D eigenvalue weighted by Crippen LogP contribution is -2.28. The van der Waals surface area contributed by atoms with Crippen LogP contribution in [0.5, 0.6) is 0 Å². The first-order valence-corrected chi connectivity index (χ1v) is 6.89. The van der Waals surface area contributed by atoms with Gasteiger partial charge < -0.3 is 5.11 Å². The highest BCUT2D eigenvalue weighted by atomic mass is 32.2. The molecule has 86 valence electrons. The van der Waals surface area contributed by atoms with Gasteiger partial charge in [-0.2, -0.15) is 0 Å². The highest BCUT2D eigenvalue weighted by Crippen LogP contribution is 2.84. The summed E-state index contributed by atoms with van der Waals surface area (Å²) < 4.78 is 24.2. The van der Waals surface area contributed by atoms with E-state index in [1.807, 2.05) is 6.92 Å². The number of aliphatic hydroxyl groups is 1. The van der Waals surface area contributed by atoms with Crippen LogP contribution in [0.15, 0.2) is 35.2 Å². The van der Waals surface area contributed by atoms with Gasteiger partial charge in [0, 0.05) is 5.41 Å². The Bertz CT molecular complexity index is 537. The molecule has 0 spiro atoms. The van der Waals surface area contributed by atoms with Crippen molar-refractivity contribution in [3.05, 3.63) is 30.3 Å². The second-order valence-corrected chi connectivity index (χ2v) is 7.25. The Hall–Kier alpha value is -0.870. The van der Waals surface area contributed by atoms with Crippen molar-refractivity contribution in [3.8, 4) is 0 Å². The summed E-state index contributed by atoms with van der Waals surface area (Å²) in [6.07, 6.45) is 0.710. The van der Waals surface area contributed by atoms with Crippen molar-refractivity contribution in [1.82, 2.24) is 0 Å². The topological polar surface area (TPSA) is 54.4 Å². The van der Waals surface area contributed by atoms with Gasteiger partial charge in [-0.05, 0) is 24.5 Å². The van der Waals surface area contributed by atoms with E-state index in [-0.39, 0.29) is 12.5 Å². The number of fused-ring (bicyclic) bond motifs is 1. The molecule has 3 atom stereocenters. The quantitative estimate of drug-likeness (QED) is 0.861. The average Bonchev–Trinajstić information content (AvgIpc) is 3.17. The minimum Gasteiger partial charge on any atom is -0.396 e. The van der Waals surface area contributed by atoms with Crippen LogP contribution in [-0.2, 0) is 9.84 Å². The zero-order valence-corrected chi connectivity index (χ0v) is 9.87. The maximum Gasteiger partial charge on any atom is 0.185 e. The van der Waals surface area contributed by atoms with E-state index in [1.165, 1.54) is 0 Å². The Labute approximate surface area is 95.0 Å². The summed E-state index contributed by atoms with van der Waals surface area (Å²) in [5, 5.41) is 9.28. The first-order chi connectivity index (χ1) is 7.50. The van der Waals surface area contributed by atoms with E-state index in [1.54, 1.807) is 30.3 Å². The smallest absolute Gasteiger partial charge is 0.185 e. The Morgan fingerprint density at radius 3 is 2.44 bits per heavy atom. The number of hydrogen-bond donors (Lipinski definition) is 1. The molecule has 2 aliphatic rings. The van der Waals surface area contributed by atoms with Gasteiger partial charge in [0.25, 0.3) is 0 Å². The van der Waals surface area contributed by atoms with Crippen LogP contribution < -0.4 is 0 Å². The lowest BCUT2D eigenvalue weighted by atomic mass is 9.99. The van der Waals surface area contributed by atoms with Crippen LogP contribution in [0, 0.1) is 11.3 Å². The molecule has 0 heterocycles. The normalized spacial score (nSPS) is 40.2. The predicted molar refractivity (Wildman–Crippen MR) is 59.7 cm³/mol. The molecular formula is C12H14O3S. The number of sulfone groups is 1. The van der Waals surface area contributed by atoms with Crippen LogP contribution in [0.2, 0.25) is 0 Å². The second kappa shape index (κ2) is 2.68. The summed E-state index contributed by atoms with van der Waals surface area (Å²) >= 11 is 0. The predicted octanol–water partition coefficient (Wildman–Crippen LogP) is 1.23. The van der Waals surface area contributed by atoms with Crippen LogP contribution in [-0.4, -0.2) is 24.9 Å². The first-order valence-electron chi connectivity index (χ1n) is 5.41. The van der Waals surface area contributed by atoms with Crippen molar-refractivity contribution >= 4 is 9.84 Å². The Kier molecular flexibility index (Phi) is 1.73. The van der Waals surface area contributed by atoms with Gasteiger partial charge >= 0.3 is 0 Å². The number of benzene rings is 1. The van der Waals surface area contributed by atoms with E-state index >= 15 is 0 Å². The fourth-order valence-electron chi connectivity index (χ4n) is 3.06. The van der Waals surface area contributed by atoms with E-state index in [0.29, 0.717) is 11.3 Å². The van der Waals surface area contributed by atoms with Gasteiger partial charge in [0.05, 0.1) is 16.2 Å². The van der Waals surface area contributed by atoms with Crippen molar-refractivity contribution in [2.24, 2.45) is 11.3 Å². The summed E-state index contributed by atoms with van der Waals surface area (Å²) in [6, 6.07) is 8.55. The highest BCUT2D eigenvalue weighted by molar-refractivity contribution is 7.93. The van der Waals surface area contributed by atoms with Crippen LogP contribution in [0.3, 0.4) is 0 Å². The van der Waals surface area contributed by atoms with Crippen LogP contribution in [0.4, 0.5) is 0 Å². The van der Waals surface area contributed by atoms with Gasteiger partial charge in [0.1, 0.15) is 0 Å². The largest absolute Gasteiger partial charge is 0.396 e. The van der Waals surface area contributed by atoms with Gasteiger partial charge in [-0.25, -0.2) is 8.42 Å². The third kappa shape index (κ3) is 0.870. The van der Waals surface area contributed by atoms with Gasteiger partial charge in [0.15, 0.2) is 9.84 Å². The molecule has 1 aromatic rings. The average molecular weight is 238 g/mol. The van der Waals surface area contributed by atoms with Crippen LogP contribution in [0.1, 0.15) is 13.3 Å². The molecule has 3 nitrogen and oxygen atoms in total. The number of aliphatic hydroxyl groups excluding tert-OH is 1. The molecule has 0 bridgehead atoms.